The van der Waals surface area contributed by atoms with Gasteiger partial charge in [0, 0.05) is 5.69 Å². The average molecular weight is 173 g/mol. The van der Waals surface area contributed by atoms with Crippen LogP contribution >= 0.6 is 0 Å². The summed E-state index contributed by atoms with van der Waals surface area (Å²) in [6, 6.07) is 4.58. The van der Waals surface area contributed by atoms with Crippen LogP contribution < -0.4 is 0 Å². The van der Waals surface area contributed by atoms with Crippen molar-refractivity contribution >= 4 is 0 Å². The van der Waals surface area contributed by atoms with Crippen molar-refractivity contribution in [3.8, 4) is 0 Å². The third-order valence-corrected chi connectivity index (χ3v) is 1.13. The van der Waals surface area contributed by atoms with Crippen molar-refractivity contribution < 1.29 is 8.78 Å². The standard InChI is InChI=1S/C7H7F2N.C2H6/c1-5-3-2-4-6(10-5)7(8)9;1-2/h2-4,7H,1H3;1-2H3. The van der Waals surface area contributed by atoms with Crippen molar-refractivity contribution in [2.45, 2.75) is 27.2 Å². The fourth-order valence-electron chi connectivity index (χ4n) is 0.686. The molecule has 0 saturated carbocycles. The van der Waals surface area contributed by atoms with Gasteiger partial charge in [-0.1, -0.05) is 19.9 Å². The quantitative estimate of drug-likeness (QED) is 0.634. The molecule has 0 unspecified atom stereocenters. The Bertz CT molecular complexity index is 224. The van der Waals surface area contributed by atoms with Crippen molar-refractivity contribution in [2.24, 2.45) is 0 Å². The second-order valence-electron chi connectivity index (χ2n) is 2.00. The fraction of sp³-hybridized carbons (Fsp3) is 0.444. The molecule has 1 aromatic rings. The Morgan fingerprint density at radius 1 is 1.25 bits per heavy atom. The Balaban J connectivity index is 0.000000561. The molecule has 0 radical (unpaired) electrons. The summed E-state index contributed by atoms with van der Waals surface area (Å²) in [5.74, 6) is 0. The molecule has 0 spiro atoms. The summed E-state index contributed by atoms with van der Waals surface area (Å²) in [6.45, 7) is 5.69. The smallest absolute Gasteiger partial charge is 0.252 e. The molecule has 68 valence electrons. The second-order valence-corrected chi connectivity index (χ2v) is 2.00. The van der Waals surface area contributed by atoms with E-state index in [1.54, 1.807) is 19.1 Å². The molecule has 0 saturated heterocycles. The van der Waals surface area contributed by atoms with Crippen LogP contribution in [0.5, 0.6) is 0 Å². The minimum absolute atomic E-state index is 0.153. The highest BCUT2D eigenvalue weighted by atomic mass is 19.3. The van der Waals surface area contributed by atoms with Crippen molar-refractivity contribution in [3.05, 3.63) is 29.6 Å². The first kappa shape index (κ1) is 11.0. The summed E-state index contributed by atoms with van der Waals surface area (Å²) >= 11 is 0. The van der Waals surface area contributed by atoms with Crippen LogP contribution in [-0.2, 0) is 0 Å². The van der Waals surface area contributed by atoms with Crippen LogP contribution in [0.1, 0.15) is 31.7 Å². The van der Waals surface area contributed by atoms with Crippen LogP contribution in [0.4, 0.5) is 8.78 Å². The largest absolute Gasteiger partial charge is 0.280 e. The van der Waals surface area contributed by atoms with Gasteiger partial charge < -0.3 is 0 Å². The maximum absolute atomic E-state index is 11.9. The van der Waals surface area contributed by atoms with Crippen molar-refractivity contribution in [1.29, 1.82) is 0 Å². The van der Waals surface area contributed by atoms with E-state index in [-0.39, 0.29) is 5.69 Å². The first-order chi connectivity index (χ1) is 5.70. The molecule has 12 heavy (non-hydrogen) atoms. The van der Waals surface area contributed by atoms with Gasteiger partial charge in [0.2, 0.25) is 0 Å². The lowest BCUT2D eigenvalue weighted by Crippen LogP contribution is -1.90. The lowest BCUT2D eigenvalue weighted by Gasteiger charge is -1.97. The summed E-state index contributed by atoms with van der Waals surface area (Å²) in [7, 11) is 0. The predicted octanol–water partition coefficient (Wildman–Crippen LogP) is 3.35. The molecule has 0 bridgehead atoms. The number of hydrogen-bond acceptors (Lipinski definition) is 1. The summed E-state index contributed by atoms with van der Waals surface area (Å²) in [4.78, 5) is 3.62. The van der Waals surface area contributed by atoms with E-state index < -0.39 is 6.43 Å². The monoisotopic (exact) mass is 173 g/mol. The zero-order valence-corrected chi connectivity index (χ0v) is 7.51. The maximum Gasteiger partial charge on any atom is 0.280 e. The highest BCUT2D eigenvalue weighted by Gasteiger charge is 2.06. The molecule has 1 aromatic heterocycles. The van der Waals surface area contributed by atoms with Gasteiger partial charge in [0.15, 0.2) is 0 Å². The molecule has 1 rings (SSSR count). The zero-order chi connectivity index (χ0) is 9.56. The van der Waals surface area contributed by atoms with Crippen LogP contribution in [0.3, 0.4) is 0 Å². The highest BCUT2D eigenvalue weighted by Crippen LogP contribution is 2.15. The number of aromatic nitrogens is 1. The van der Waals surface area contributed by atoms with Crippen LogP contribution in [0.15, 0.2) is 18.2 Å². The Kier molecular flexibility index (Phi) is 5.17. The molecule has 0 amide bonds. The number of pyridine rings is 1. The van der Waals surface area contributed by atoms with Crippen molar-refractivity contribution in [1.82, 2.24) is 4.98 Å². The molecule has 3 heteroatoms. The maximum atomic E-state index is 11.9. The molecule has 1 heterocycles. The summed E-state index contributed by atoms with van der Waals surface area (Å²) in [5, 5.41) is 0. The van der Waals surface area contributed by atoms with E-state index in [0.29, 0.717) is 5.69 Å². The molecule has 0 aliphatic carbocycles. The highest BCUT2D eigenvalue weighted by molar-refractivity contribution is 5.10. The topological polar surface area (TPSA) is 12.9 Å². The number of nitrogens with zero attached hydrogens (tertiary/aromatic N) is 1. The molecular formula is C9H13F2N. The van der Waals surface area contributed by atoms with Gasteiger partial charge in [0.25, 0.3) is 6.43 Å². The summed E-state index contributed by atoms with van der Waals surface area (Å²) in [5.41, 5.74) is 0.470. The van der Waals surface area contributed by atoms with Crippen molar-refractivity contribution in [2.75, 3.05) is 0 Å². The average Bonchev–Trinajstić information content (AvgIpc) is 2.08. The van der Waals surface area contributed by atoms with Crippen LogP contribution in [0, 0.1) is 6.92 Å². The van der Waals surface area contributed by atoms with E-state index in [9.17, 15) is 8.78 Å². The Morgan fingerprint density at radius 3 is 2.17 bits per heavy atom. The molecule has 0 aliphatic heterocycles. The first-order valence-electron chi connectivity index (χ1n) is 3.92. The van der Waals surface area contributed by atoms with Gasteiger partial charge in [-0.25, -0.2) is 8.78 Å². The van der Waals surface area contributed by atoms with Gasteiger partial charge in [-0.3, -0.25) is 4.98 Å². The Labute approximate surface area is 71.4 Å². The SMILES string of the molecule is CC.Cc1cccc(C(F)F)n1. The van der Waals surface area contributed by atoms with Gasteiger partial charge in [-0.05, 0) is 19.1 Å². The van der Waals surface area contributed by atoms with Gasteiger partial charge >= 0.3 is 0 Å². The van der Waals surface area contributed by atoms with E-state index >= 15 is 0 Å². The molecule has 0 aromatic carbocycles. The number of aryl methyl sites for hydroxylation is 1. The van der Waals surface area contributed by atoms with Crippen LogP contribution in [0.2, 0.25) is 0 Å². The van der Waals surface area contributed by atoms with Gasteiger partial charge in [-0.15, -0.1) is 0 Å². The fourth-order valence-corrected chi connectivity index (χ4v) is 0.686. The van der Waals surface area contributed by atoms with E-state index in [2.05, 4.69) is 4.98 Å². The normalized spacial score (nSPS) is 9.17. The van der Waals surface area contributed by atoms with Gasteiger partial charge in [0.1, 0.15) is 5.69 Å². The number of hydrogen-bond donors (Lipinski definition) is 0. The molecule has 0 N–H and O–H groups in total. The number of alkyl halides is 2. The van der Waals surface area contributed by atoms with Crippen LogP contribution in [0.25, 0.3) is 0 Å². The summed E-state index contributed by atoms with van der Waals surface area (Å²) in [6.07, 6.45) is -2.46. The third-order valence-electron chi connectivity index (χ3n) is 1.13. The molecule has 1 nitrogen and oxygen atoms in total. The minimum Gasteiger partial charge on any atom is -0.252 e. The van der Waals surface area contributed by atoms with E-state index in [1.807, 2.05) is 13.8 Å². The molecule has 0 fully saturated rings. The van der Waals surface area contributed by atoms with Gasteiger partial charge in [0.05, 0.1) is 0 Å². The summed E-state index contributed by atoms with van der Waals surface area (Å²) < 4.78 is 23.8. The first-order valence-corrected chi connectivity index (χ1v) is 3.92. The zero-order valence-electron chi connectivity index (χ0n) is 7.51. The van der Waals surface area contributed by atoms with Gasteiger partial charge in [-0.2, -0.15) is 0 Å². The Hall–Kier alpha value is -0.990. The van der Waals surface area contributed by atoms with E-state index in [1.165, 1.54) is 6.07 Å². The lowest BCUT2D eigenvalue weighted by molar-refractivity contribution is 0.146. The number of rotatable bonds is 1. The van der Waals surface area contributed by atoms with Crippen molar-refractivity contribution in [3.63, 3.8) is 0 Å². The molecular weight excluding hydrogens is 160 g/mol. The van der Waals surface area contributed by atoms with E-state index in [0.717, 1.165) is 0 Å². The second kappa shape index (κ2) is 5.63. The third kappa shape index (κ3) is 3.42. The molecule has 0 aliphatic rings. The Morgan fingerprint density at radius 2 is 1.83 bits per heavy atom. The molecule has 0 atom stereocenters. The predicted molar refractivity (Wildman–Crippen MR) is 45.3 cm³/mol. The van der Waals surface area contributed by atoms with Crippen LogP contribution in [-0.4, -0.2) is 4.98 Å². The minimum atomic E-state index is -2.46. The van der Waals surface area contributed by atoms with E-state index in [4.69, 9.17) is 0 Å². The lowest BCUT2D eigenvalue weighted by atomic mass is 10.3. The number of halogens is 2.